The second-order valence-electron chi connectivity index (χ2n) is 6.47. The maximum Gasteiger partial charge on any atom is 0.329 e. The minimum Gasteiger partial charge on any atom is -0.481 e. The number of carbonyl (C=O) groups is 3. The van der Waals surface area contributed by atoms with Gasteiger partial charge >= 0.3 is 11.9 Å². The van der Waals surface area contributed by atoms with Crippen LogP contribution in [0.1, 0.15) is 39.5 Å². The second-order valence-corrected chi connectivity index (χ2v) is 6.47. The van der Waals surface area contributed by atoms with E-state index >= 15 is 0 Å². The molecular weight excluding hydrogens is 276 g/mol. The van der Waals surface area contributed by atoms with Crippen LogP contribution in [0.15, 0.2) is 0 Å². The molecule has 7 nitrogen and oxygen atoms in total. The van der Waals surface area contributed by atoms with Crippen molar-refractivity contribution in [3.63, 3.8) is 0 Å². The van der Waals surface area contributed by atoms with Crippen molar-refractivity contribution in [2.24, 2.45) is 23.5 Å². The zero-order valence-electron chi connectivity index (χ0n) is 12.3. The summed E-state index contributed by atoms with van der Waals surface area (Å²) >= 11 is 0. The van der Waals surface area contributed by atoms with Gasteiger partial charge in [0.25, 0.3) is 0 Å². The summed E-state index contributed by atoms with van der Waals surface area (Å²) in [6.45, 7) is 3.28. The van der Waals surface area contributed by atoms with Crippen molar-refractivity contribution in [3.8, 4) is 0 Å². The van der Waals surface area contributed by atoms with Gasteiger partial charge in [0.15, 0.2) is 0 Å². The Morgan fingerprint density at radius 2 is 2.00 bits per heavy atom. The lowest BCUT2D eigenvalue weighted by molar-refractivity contribution is -0.148. The summed E-state index contributed by atoms with van der Waals surface area (Å²) in [5.74, 6) is -3.59. The van der Waals surface area contributed by atoms with Crippen LogP contribution in [0.2, 0.25) is 0 Å². The van der Waals surface area contributed by atoms with E-state index in [4.69, 9.17) is 10.8 Å². The summed E-state index contributed by atoms with van der Waals surface area (Å²) in [6, 6.07) is 0. The van der Waals surface area contributed by atoms with Crippen LogP contribution in [0.4, 0.5) is 0 Å². The number of nitrogens with two attached hydrogens (primary N) is 1. The lowest BCUT2D eigenvalue weighted by atomic mass is 9.88. The SMILES string of the molecule is CCC[C@](C)(NC(=O)[C@]1(N)CC[C@H]2[C@H](C(=O)O)[C@H]21)C(=O)O. The normalized spacial score (nSPS) is 36.4. The highest BCUT2D eigenvalue weighted by atomic mass is 16.4. The van der Waals surface area contributed by atoms with Crippen LogP contribution in [-0.4, -0.2) is 39.1 Å². The number of hydrogen-bond acceptors (Lipinski definition) is 4. The summed E-state index contributed by atoms with van der Waals surface area (Å²) < 4.78 is 0. The zero-order chi connectivity index (χ0) is 16.0. The second kappa shape index (κ2) is 4.98. The Hall–Kier alpha value is -1.63. The van der Waals surface area contributed by atoms with Crippen LogP contribution >= 0.6 is 0 Å². The van der Waals surface area contributed by atoms with Crippen molar-refractivity contribution in [1.29, 1.82) is 0 Å². The lowest BCUT2D eigenvalue weighted by Crippen LogP contribution is -2.62. The topological polar surface area (TPSA) is 130 Å². The molecule has 0 saturated heterocycles. The zero-order valence-corrected chi connectivity index (χ0v) is 12.3. The van der Waals surface area contributed by atoms with Crippen molar-refractivity contribution < 1.29 is 24.6 Å². The van der Waals surface area contributed by atoms with Crippen molar-refractivity contribution in [1.82, 2.24) is 5.32 Å². The van der Waals surface area contributed by atoms with Gasteiger partial charge in [-0.05, 0) is 32.1 Å². The highest BCUT2D eigenvalue weighted by Crippen LogP contribution is 2.61. The fraction of sp³-hybridized carbons (Fsp3) is 0.786. The van der Waals surface area contributed by atoms with E-state index in [0.717, 1.165) is 0 Å². The number of carbonyl (C=O) groups excluding carboxylic acids is 1. The molecule has 21 heavy (non-hydrogen) atoms. The lowest BCUT2D eigenvalue weighted by Gasteiger charge is -2.32. The molecule has 2 aliphatic rings. The molecule has 1 amide bonds. The first-order valence-corrected chi connectivity index (χ1v) is 7.25. The fourth-order valence-corrected chi connectivity index (χ4v) is 3.70. The quantitative estimate of drug-likeness (QED) is 0.553. The van der Waals surface area contributed by atoms with E-state index < -0.39 is 34.8 Å². The molecule has 2 aliphatic carbocycles. The fourth-order valence-electron chi connectivity index (χ4n) is 3.70. The van der Waals surface area contributed by atoms with Gasteiger partial charge in [0.1, 0.15) is 5.54 Å². The van der Waals surface area contributed by atoms with E-state index in [1.165, 1.54) is 6.92 Å². The van der Waals surface area contributed by atoms with Crippen molar-refractivity contribution in [2.75, 3.05) is 0 Å². The van der Waals surface area contributed by atoms with Crippen LogP contribution in [0.25, 0.3) is 0 Å². The van der Waals surface area contributed by atoms with Crippen LogP contribution in [-0.2, 0) is 14.4 Å². The first-order valence-electron chi connectivity index (χ1n) is 7.25. The summed E-state index contributed by atoms with van der Waals surface area (Å²) in [5, 5.41) is 20.9. The molecule has 5 atom stereocenters. The molecule has 0 radical (unpaired) electrons. The molecule has 118 valence electrons. The minimum atomic E-state index is -1.37. The summed E-state index contributed by atoms with van der Waals surface area (Å²) in [6.07, 6.45) is 1.90. The van der Waals surface area contributed by atoms with Gasteiger partial charge in [-0.1, -0.05) is 13.3 Å². The minimum absolute atomic E-state index is 0.0551. The van der Waals surface area contributed by atoms with Gasteiger partial charge in [-0.3, -0.25) is 9.59 Å². The number of carboxylic acid groups (broad SMARTS) is 2. The third-order valence-electron chi connectivity index (χ3n) is 4.97. The predicted octanol–water partition coefficient (Wildman–Crippen LogP) is 0.184. The van der Waals surface area contributed by atoms with E-state index in [1.54, 1.807) is 0 Å². The average molecular weight is 298 g/mol. The Balaban J connectivity index is 2.13. The largest absolute Gasteiger partial charge is 0.481 e. The van der Waals surface area contributed by atoms with E-state index in [1.807, 2.05) is 6.92 Å². The monoisotopic (exact) mass is 298 g/mol. The highest BCUT2D eigenvalue weighted by molar-refractivity contribution is 5.94. The number of rotatable bonds is 6. The van der Waals surface area contributed by atoms with Crippen LogP contribution in [0, 0.1) is 17.8 Å². The Morgan fingerprint density at radius 3 is 2.43 bits per heavy atom. The summed E-state index contributed by atoms with van der Waals surface area (Å²) in [7, 11) is 0. The number of fused-ring (bicyclic) bond motifs is 1. The number of hydrogen-bond donors (Lipinski definition) is 4. The molecule has 0 aromatic rings. The standard InChI is InChI=1S/C14H22N2O5/c1-3-5-13(2,12(20)21)16-11(19)14(15)6-4-7-8(9(7)14)10(17)18/h7-9H,3-6,15H2,1-2H3,(H,16,19)(H,17,18)(H,20,21)/t7-,8-,9-,13-,14-/m0/s1. The van der Waals surface area contributed by atoms with Gasteiger partial charge in [0.05, 0.1) is 11.5 Å². The summed E-state index contributed by atoms with van der Waals surface area (Å²) in [4.78, 5) is 35.0. The third kappa shape index (κ3) is 2.39. The van der Waals surface area contributed by atoms with Gasteiger partial charge in [-0.2, -0.15) is 0 Å². The van der Waals surface area contributed by atoms with Crippen LogP contribution in [0.3, 0.4) is 0 Å². The molecule has 7 heteroatoms. The van der Waals surface area contributed by atoms with Crippen molar-refractivity contribution in [3.05, 3.63) is 0 Å². The number of nitrogens with one attached hydrogen (secondary N) is 1. The van der Waals surface area contributed by atoms with Gasteiger partial charge in [-0.15, -0.1) is 0 Å². The van der Waals surface area contributed by atoms with Crippen molar-refractivity contribution in [2.45, 2.75) is 50.6 Å². The van der Waals surface area contributed by atoms with E-state index in [2.05, 4.69) is 5.32 Å². The Morgan fingerprint density at radius 1 is 1.38 bits per heavy atom. The molecule has 0 bridgehead atoms. The number of aliphatic carboxylic acids is 2. The van der Waals surface area contributed by atoms with E-state index in [-0.39, 0.29) is 11.8 Å². The van der Waals surface area contributed by atoms with Crippen molar-refractivity contribution >= 4 is 17.8 Å². The van der Waals surface area contributed by atoms with Crippen LogP contribution < -0.4 is 11.1 Å². The molecule has 0 unspecified atom stereocenters. The smallest absolute Gasteiger partial charge is 0.329 e. The highest BCUT2D eigenvalue weighted by Gasteiger charge is 2.70. The molecular formula is C14H22N2O5. The molecule has 0 heterocycles. The predicted molar refractivity (Wildman–Crippen MR) is 73.3 cm³/mol. The van der Waals surface area contributed by atoms with Crippen LogP contribution in [0.5, 0.6) is 0 Å². The molecule has 2 fully saturated rings. The maximum atomic E-state index is 12.5. The Bertz CT molecular complexity index is 494. The van der Waals surface area contributed by atoms with Gasteiger partial charge < -0.3 is 21.3 Å². The first kappa shape index (κ1) is 15.8. The average Bonchev–Trinajstić information content (AvgIpc) is 3.02. The summed E-state index contributed by atoms with van der Waals surface area (Å²) in [5.41, 5.74) is 3.51. The molecule has 0 aliphatic heterocycles. The molecule has 5 N–H and O–H groups in total. The first-order chi connectivity index (χ1) is 9.67. The molecule has 0 spiro atoms. The molecule has 0 aromatic carbocycles. The van der Waals surface area contributed by atoms with Gasteiger partial charge in [0, 0.05) is 5.92 Å². The van der Waals surface area contributed by atoms with Gasteiger partial charge in [0.2, 0.25) is 5.91 Å². The molecule has 2 saturated carbocycles. The van der Waals surface area contributed by atoms with Gasteiger partial charge in [-0.25, -0.2) is 4.79 Å². The maximum absolute atomic E-state index is 12.5. The Labute approximate surface area is 122 Å². The van der Waals surface area contributed by atoms with E-state index in [9.17, 15) is 19.5 Å². The number of amides is 1. The molecule has 0 aromatic heterocycles. The number of carboxylic acids is 2. The molecule has 2 rings (SSSR count). The Kier molecular flexibility index (Phi) is 3.73. The van der Waals surface area contributed by atoms with E-state index in [0.29, 0.717) is 25.7 Å². The third-order valence-corrected chi connectivity index (χ3v) is 4.97.